The van der Waals surface area contributed by atoms with Crippen molar-refractivity contribution in [3.8, 4) is 0 Å². The van der Waals surface area contributed by atoms with E-state index in [2.05, 4.69) is 21.2 Å². The van der Waals surface area contributed by atoms with Crippen molar-refractivity contribution < 1.29 is 14.4 Å². The van der Waals surface area contributed by atoms with E-state index in [4.69, 9.17) is 0 Å². The Labute approximate surface area is 160 Å². The molecule has 0 spiro atoms. The van der Waals surface area contributed by atoms with E-state index >= 15 is 0 Å². The van der Waals surface area contributed by atoms with Crippen LogP contribution in [0.5, 0.6) is 0 Å². The summed E-state index contributed by atoms with van der Waals surface area (Å²) in [6.45, 7) is 0.394. The van der Waals surface area contributed by atoms with Gasteiger partial charge in [-0.3, -0.25) is 25.2 Å². The number of rotatable bonds is 7. The second kappa shape index (κ2) is 9.00. The van der Waals surface area contributed by atoms with Crippen molar-refractivity contribution in [2.45, 2.75) is 19.3 Å². The number of hydrogen-bond donors (Lipinski definition) is 4. The molecule has 2 aromatic heterocycles. The second-order valence-electron chi connectivity index (χ2n) is 6.00. The fraction of sp³-hybridized carbons (Fsp3) is 0.211. The Morgan fingerprint density at radius 2 is 1.85 bits per heavy atom. The van der Waals surface area contributed by atoms with Gasteiger partial charge >= 0.3 is 0 Å². The summed E-state index contributed by atoms with van der Waals surface area (Å²) in [5, 5.41) is 7.34. The molecule has 0 aliphatic carbocycles. The smallest absolute Gasteiger partial charge is 0.252 e. The Morgan fingerprint density at radius 1 is 1.04 bits per heavy atom. The standard InChI is InChI=1S/C19H20N4O3S/c24-17(6-3-8-20-19(26)13-7-9-27-12-13)22-23-18(25)10-14-11-21-16-5-2-1-4-15(14)16/h1-2,4-5,7,9,11-12,21H,3,6,8,10H2,(H,20,26)(H,22,24)(H,23,25). The van der Waals surface area contributed by atoms with E-state index in [9.17, 15) is 14.4 Å². The number of carbonyl (C=O) groups excluding carboxylic acids is 3. The molecule has 0 radical (unpaired) electrons. The first-order valence-electron chi connectivity index (χ1n) is 8.56. The molecule has 2 heterocycles. The normalized spacial score (nSPS) is 10.5. The van der Waals surface area contributed by atoms with Crippen LogP contribution in [0.15, 0.2) is 47.3 Å². The number of H-pyrrole nitrogens is 1. The van der Waals surface area contributed by atoms with Crippen molar-refractivity contribution in [1.29, 1.82) is 0 Å². The van der Waals surface area contributed by atoms with Gasteiger partial charge in [0.15, 0.2) is 0 Å². The van der Waals surface area contributed by atoms with Gasteiger partial charge in [0.2, 0.25) is 11.8 Å². The third kappa shape index (κ3) is 5.18. The minimum Gasteiger partial charge on any atom is -0.361 e. The SMILES string of the molecule is O=C(CCCNC(=O)c1ccsc1)NNC(=O)Cc1c[nH]c2ccccc12. The molecule has 27 heavy (non-hydrogen) atoms. The highest BCUT2D eigenvalue weighted by Crippen LogP contribution is 2.17. The van der Waals surface area contributed by atoms with Crippen LogP contribution in [0.2, 0.25) is 0 Å². The molecule has 0 aliphatic rings. The minimum atomic E-state index is -0.299. The first-order chi connectivity index (χ1) is 13.1. The summed E-state index contributed by atoms with van der Waals surface area (Å²) < 4.78 is 0. The molecule has 0 bridgehead atoms. The van der Waals surface area contributed by atoms with Gasteiger partial charge in [-0.15, -0.1) is 0 Å². The fourth-order valence-electron chi connectivity index (χ4n) is 2.64. The molecular weight excluding hydrogens is 364 g/mol. The van der Waals surface area contributed by atoms with Gasteiger partial charge in [-0.05, 0) is 29.5 Å². The Bertz CT molecular complexity index is 933. The first-order valence-corrected chi connectivity index (χ1v) is 9.51. The molecule has 0 saturated carbocycles. The van der Waals surface area contributed by atoms with Crippen LogP contribution in [0.4, 0.5) is 0 Å². The average Bonchev–Trinajstić information content (AvgIpc) is 3.34. The Balaban J connectivity index is 1.34. The molecule has 3 aromatic rings. The van der Waals surface area contributed by atoms with Crippen LogP contribution in [-0.2, 0) is 16.0 Å². The van der Waals surface area contributed by atoms with Crippen molar-refractivity contribution in [2.75, 3.05) is 6.54 Å². The zero-order chi connectivity index (χ0) is 19.1. The lowest BCUT2D eigenvalue weighted by Gasteiger charge is -2.07. The molecule has 3 rings (SSSR count). The van der Waals surface area contributed by atoms with Gasteiger partial charge in [0.05, 0.1) is 6.42 Å². The highest BCUT2D eigenvalue weighted by atomic mass is 32.1. The van der Waals surface area contributed by atoms with Crippen LogP contribution < -0.4 is 16.2 Å². The molecule has 4 N–H and O–H groups in total. The van der Waals surface area contributed by atoms with Gasteiger partial charge < -0.3 is 10.3 Å². The predicted octanol–water partition coefficient (Wildman–Crippen LogP) is 2.13. The van der Waals surface area contributed by atoms with Crippen LogP contribution in [0.1, 0.15) is 28.8 Å². The maximum absolute atomic E-state index is 12.0. The number of thiophene rings is 1. The molecule has 0 unspecified atom stereocenters. The third-order valence-corrected chi connectivity index (χ3v) is 4.70. The predicted molar refractivity (Wildman–Crippen MR) is 104 cm³/mol. The maximum Gasteiger partial charge on any atom is 0.252 e. The van der Waals surface area contributed by atoms with Crippen LogP contribution in [-0.4, -0.2) is 29.3 Å². The van der Waals surface area contributed by atoms with Gasteiger partial charge in [0.1, 0.15) is 0 Å². The van der Waals surface area contributed by atoms with E-state index < -0.39 is 0 Å². The number of aromatic nitrogens is 1. The van der Waals surface area contributed by atoms with Gasteiger partial charge in [-0.25, -0.2) is 0 Å². The zero-order valence-corrected chi connectivity index (χ0v) is 15.4. The number of carbonyl (C=O) groups is 3. The first kappa shape index (κ1) is 18.7. The van der Waals surface area contributed by atoms with Crippen molar-refractivity contribution in [3.05, 3.63) is 58.4 Å². The number of aromatic amines is 1. The molecule has 140 valence electrons. The average molecular weight is 384 g/mol. The van der Waals surface area contributed by atoms with E-state index in [1.54, 1.807) is 17.6 Å². The highest BCUT2D eigenvalue weighted by molar-refractivity contribution is 7.08. The van der Waals surface area contributed by atoms with Crippen LogP contribution >= 0.6 is 11.3 Å². The van der Waals surface area contributed by atoms with Crippen molar-refractivity contribution in [1.82, 2.24) is 21.2 Å². The van der Waals surface area contributed by atoms with Gasteiger partial charge in [-0.2, -0.15) is 11.3 Å². The molecule has 3 amide bonds. The van der Waals surface area contributed by atoms with Crippen molar-refractivity contribution >= 4 is 40.0 Å². The molecule has 7 nitrogen and oxygen atoms in total. The number of benzene rings is 1. The Hall–Kier alpha value is -3.13. The molecule has 0 atom stereocenters. The van der Waals surface area contributed by atoms with E-state index in [0.29, 0.717) is 18.5 Å². The number of nitrogens with one attached hydrogen (secondary N) is 4. The lowest BCUT2D eigenvalue weighted by atomic mass is 10.1. The van der Waals surface area contributed by atoms with E-state index in [1.807, 2.05) is 29.6 Å². The number of fused-ring (bicyclic) bond motifs is 1. The molecule has 0 saturated heterocycles. The van der Waals surface area contributed by atoms with Crippen LogP contribution in [0, 0.1) is 0 Å². The van der Waals surface area contributed by atoms with Gasteiger partial charge in [0, 0.05) is 41.0 Å². The summed E-state index contributed by atoms with van der Waals surface area (Å²) in [5.41, 5.74) is 7.27. The van der Waals surface area contributed by atoms with Gasteiger partial charge in [0.25, 0.3) is 5.91 Å². The third-order valence-electron chi connectivity index (χ3n) is 4.02. The minimum absolute atomic E-state index is 0.149. The summed E-state index contributed by atoms with van der Waals surface area (Å²) in [7, 11) is 0. The summed E-state index contributed by atoms with van der Waals surface area (Å²) in [5.74, 6) is -0.741. The summed E-state index contributed by atoms with van der Waals surface area (Å²) >= 11 is 1.46. The quantitative estimate of drug-likeness (QED) is 0.371. The van der Waals surface area contributed by atoms with E-state index in [1.165, 1.54) is 11.3 Å². The van der Waals surface area contributed by atoms with Crippen LogP contribution in [0.3, 0.4) is 0 Å². The van der Waals surface area contributed by atoms with Crippen molar-refractivity contribution in [2.24, 2.45) is 0 Å². The zero-order valence-electron chi connectivity index (χ0n) is 14.6. The molecule has 0 fully saturated rings. The number of hydrazine groups is 1. The van der Waals surface area contributed by atoms with Crippen molar-refractivity contribution in [3.63, 3.8) is 0 Å². The highest BCUT2D eigenvalue weighted by Gasteiger charge is 2.10. The Kier molecular flexibility index (Phi) is 6.22. The summed E-state index contributed by atoms with van der Waals surface area (Å²) in [6.07, 6.45) is 2.65. The molecule has 0 aliphatic heterocycles. The lowest BCUT2D eigenvalue weighted by molar-refractivity contribution is -0.128. The number of para-hydroxylation sites is 1. The summed E-state index contributed by atoms with van der Waals surface area (Å²) in [6, 6.07) is 9.46. The summed E-state index contributed by atoms with van der Waals surface area (Å²) in [4.78, 5) is 38.7. The monoisotopic (exact) mass is 384 g/mol. The second-order valence-corrected chi connectivity index (χ2v) is 6.78. The fourth-order valence-corrected chi connectivity index (χ4v) is 3.28. The maximum atomic E-state index is 12.0. The van der Waals surface area contributed by atoms with E-state index in [-0.39, 0.29) is 30.6 Å². The largest absolute Gasteiger partial charge is 0.361 e. The Morgan fingerprint density at radius 3 is 2.67 bits per heavy atom. The van der Waals surface area contributed by atoms with E-state index in [0.717, 1.165) is 16.5 Å². The number of amides is 3. The van der Waals surface area contributed by atoms with Crippen LogP contribution in [0.25, 0.3) is 10.9 Å². The van der Waals surface area contributed by atoms with Gasteiger partial charge in [-0.1, -0.05) is 18.2 Å². The molecule has 8 heteroatoms. The molecular formula is C19H20N4O3S. The lowest BCUT2D eigenvalue weighted by Crippen LogP contribution is -2.42. The number of hydrogen-bond acceptors (Lipinski definition) is 4. The topological polar surface area (TPSA) is 103 Å². The molecule has 1 aromatic carbocycles.